The molecule has 4 rings (SSSR count). The maximum absolute atomic E-state index is 11.8. The third kappa shape index (κ3) is 2.66. The Morgan fingerprint density at radius 1 is 1.41 bits per heavy atom. The highest BCUT2D eigenvalue weighted by atomic mass is 16.5. The quantitative estimate of drug-likeness (QED) is 0.682. The fourth-order valence-corrected chi connectivity index (χ4v) is 3.34. The van der Waals surface area contributed by atoms with E-state index in [1.54, 1.807) is 6.20 Å². The van der Waals surface area contributed by atoms with Gasteiger partial charge in [0.2, 0.25) is 11.8 Å². The minimum absolute atomic E-state index is 0.00740. The predicted molar refractivity (Wildman–Crippen MR) is 95.3 cm³/mol. The molecule has 0 saturated carbocycles. The van der Waals surface area contributed by atoms with Gasteiger partial charge < -0.3 is 15.2 Å². The second-order valence-electron chi connectivity index (χ2n) is 6.02. The number of nitrogens with two attached hydrogens (primary N) is 1. The molecule has 8 heteroatoms. The van der Waals surface area contributed by atoms with Crippen LogP contribution in [0.5, 0.6) is 5.88 Å². The van der Waals surface area contributed by atoms with Crippen LogP contribution < -0.4 is 10.5 Å². The first-order chi connectivity index (χ1) is 13.1. The van der Waals surface area contributed by atoms with Crippen LogP contribution in [0.2, 0.25) is 0 Å². The van der Waals surface area contributed by atoms with Crippen molar-refractivity contribution in [2.75, 3.05) is 7.11 Å². The molecule has 0 radical (unpaired) electrons. The second-order valence-corrected chi connectivity index (χ2v) is 6.02. The van der Waals surface area contributed by atoms with Crippen molar-refractivity contribution >= 4 is 16.9 Å². The summed E-state index contributed by atoms with van der Waals surface area (Å²) in [7, 11) is 1.31. The van der Waals surface area contributed by atoms with Gasteiger partial charge in [-0.15, -0.1) is 5.10 Å². The number of nitrogens with zero attached hydrogens (tertiary/aromatic N) is 3. The summed E-state index contributed by atoms with van der Waals surface area (Å²) in [4.78, 5) is 16.2. The maximum Gasteiger partial charge on any atom is 0.311 e. The van der Waals surface area contributed by atoms with Gasteiger partial charge in [-0.1, -0.05) is 18.2 Å². The topological polar surface area (TPSA) is 127 Å². The molecule has 8 nitrogen and oxygen atoms in total. The maximum atomic E-state index is 11.8. The van der Waals surface area contributed by atoms with E-state index >= 15 is 0 Å². The summed E-state index contributed by atoms with van der Waals surface area (Å²) in [5.74, 6) is -0.728. The summed E-state index contributed by atoms with van der Waals surface area (Å²) in [5.41, 5.74) is 8.98. The second kappa shape index (κ2) is 6.46. The van der Waals surface area contributed by atoms with Gasteiger partial charge in [0, 0.05) is 11.6 Å². The summed E-state index contributed by atoms with van der Waals surface area (Å²) in [6, 6.07) is 11.6. The average Bonchev–Trinajstić information content (AvgIpc) is 3.08. The van der Waals surface area contributed by atoms with Crippen LogP contribution in [0.15, 0.2) is 48.0 Å². The van der Waals surface area contributed by atoms with Crippen LogP contribution in [0.1, 0.15) is 22.7 Å². The summed E-state index contributed by atoms with van der Waals surface area (Å²) < 4.78 is 10.3. The third-order valence-corrected chi connectivity index (χ3v) is 4.56. The Morgan fingerprint density at radius 2 is 2.22 bits per heavy atom. The van der Waals surface area contributed by atoms with Gasteiger partial charge in [0.15, 0.2) is 0 Å². The highest BCUT2D eigenvalue weighted by molar-refractivity contribution is 5.84. The van der Waals surface area contributed by atoms with Crippen molar-refractivity contribution in [1.29, 1.82) is 5.26 Å². The molecule has 1 aromatic carbocycles. The lowest BCUT2D eigenvalue weighted by Crippen LogP contribution is -2.22. The number of methoxy groups -OCH3 is 1. The fraction of sp³-hybridized carbons (Fsp3) is 0.158. The fourth-order valence-electron chi connectivity index (χ4n) is 3.34. The molecule has 1 aliphatic rings. The summed E-state index contributed by atoms with van der Waals surface area (Å²) in [5, 5.41) is 17.6. The van der Waals surface area contributed by atoms with E-state index in [1.165, 1.54) is 7.11 Å². The number of nitrogens with one attached hydrogen (secondary N) is 1. The number of fused-ring (bicyclic) bond motifs is 2. The number of esters is 1. The number of rotatable bonds is 3. The number of ether oxygens (including phenoxy) is 2. The molecule has 0 saturated heterocycles. The van der Waals surface area contributed by atoms with Crippen molar-refractivity contribution in [3.05, 3.63) is 64.8 Å². The van der Waals surface area contributed by atoms with Crippen molar-refractivity contribution in [3.63, 3.8) is 0 Å². The average molecular weight is 361 g/mol. The Bertz CT molecular complexity index is 1120. The molecule has 3 heterocycles. The first-order valence-electron chi connectivity index (χ1n) is 8.19. The Labute approximate surface area is 154 Å². The molecule has 0 amide bonds. The zero-order chi connectivity index (χ0) is 19.0. The van der Waals surface area contributed by atoms with Crippen LogP contribution in [-0.2, 0) is 16.0 Å². The largest absolute Gasteiger partial charge is 0.469 e. The van der Waals surface area contributed by atoms with Crippen LogP contribution in [0.25, 0.3) is 10.9 Å². The molecule has 2 aromatic heterocycles. The molecular formula is C19H15N5O3. The number of aromatic nitrogens is 3. The number of aromatic amines is 1. The zero-order valence-corrected chi connectivity index (χ0v) is 14.4. The SMILES string of the molecule is COC(=O)Cc1[nH]nc2c1C(c1ccnc3ccccc13)C(C#N)=C(N)O2. The van der Waals surface area contributed by atoms with Gasteiger partial charge in [0.05, 0.1) is 36.2 Å². The first-order valence-corrected chi connectivity index (χ1v) is 8.19. The molecule has 0 bridgehead atoms. The number of allylic oxidation sites excluding steroid dienone is 1. The van der Waals surface area contributed by atoms with Gasteiger partial charge in [-0.05, 0) is 17.7 Å². The lowest BCUT2D eigenvalue weighted by atomic mass is 9.82. The molecule has 0 aliphatic carbocycles. The van der Waals surface area contributed by atoms with E-state index < -0.39 is 11.9 Å². The number of benzene rings is 1. The van der Waals surface area contributed by atoms with Gasteiger partial charge >= 0.3 is 5.97 Å². The van der Waals surface area contributed by atoms with Gasteiger partial charge in [0.25, 0.3) is 0 Å². The van der Waals surface area contributed by atoms with Crippen LogP contribution in [0, 0.1) is 11.3 Å². The number of pyridine rings is 1. The highest BCUT2D eigenvalue weighted by Gasteiger charge is 2.36. The third-order valence-electron chi connectivity index (χ3n) is 4.56. The van der Waals surface area contributed by atoms with Crippen LogP contribution in [-0.4, -0.2) is 28.3 Å². The molecular weight excluding hydrogens is 346 g/mol. The van der Waals surface area contributed by atoms with Gasteiger partial charge in [-0.25, -0.2) is 0 Å². The number of nitriles is 1. The van der Waals surface area contributed by atoms with E-state index in [0.717, 1.165) is 16.5 Å². The van der Waals surface area contributed by atoms with Crippen LogP contribution >= 0.6 is 0 Å². The molecule has 1 atom stereocenters. The Balaban J connectivity index is 1.97. The van der Waals surface area contributed by atoms with Crippen molar-refractivity contribution in [1.82, 2.24) is 15.2 Å². The van der Waals surface area contributed by atoms with Crippen molar-refractivity contribution < 1.29 is 14.3 Å². The van der Waals surface area contributed by atoms with E-state index in [1.807, 2.05) is 30.3 Å². The smallest absolute Gasteiger partial charge is 0.311 e. The van der Waals surface area contributed by atoms with Gasteiger partial charge in [-0.3, -0.25) is 14.9 Å². The van der Waals surface area contributed by atoms with E-state index in [-0.39, 0.29) is 23.8 Å². The Hall–Kier alpha value is -3.86. The van der Waals surface area contributed by atoms with Crippen molar-refractivity contribution in [2.24, 2.45) is 5.73 Å². The summed E-state index contributed by atoms with van der Waals surface area (Å²) in [6.45, 7) is 0. The van der Waals surface area contributed by atoms with Gasteiger partial charge in [-0.2, -0.15) is 5.26 Å². The van der Waals surface area contributed by atoms with Crippen LogP contribution in [0.3, 0.4) is 0 Å². The van der Waals surface area contributed by atoms with Crippen molar-refractivity contribution in [3.8, 4) is 11.9 Å². The number of para-hydroxylation sites is 1. The van der Waals surface area contributed by atoms with E-state index in [4.69, 9.17) is 15.2 Å². The van der Waals surface area contributed by atoms with E-state index in [0.29, 0.717) is 11.3 Å². The summed E-state index contributed by atoms with van der Waals surface area (Å²) in [6.07, 6.45) is 1.65. The normalized spacial score (nSPS) is 15.8. The Morgan fingerprint density at radius 3 is 3.00 bits per heavy atom. The van der Waals surface area contributed by atoms with E-state index in [2.05, 4.69) is 21.3 Å². The number of carbonyl (C=O) groups is 1. The molecule has 1 aliphatic heterocycles. The molecule has 27 heavy (non-hydrogen) atoms. The van der Waals surface area contributed by atoms with Gasteiger partial charge in [0.1, 0.15) is 11.6 Å². The molecule has 1 unspecified atom stereocenters. The first kappa shape index (κ1) is 16.6. The lowest BCUT2D eigenvalue weighted by molar-refractivity contribution is -0.139. The lowest BCUT2D eigenvalue weighted by Gasteiger charge is -2.24. The molecule has 3 aromatic rings. The number of hydrogen-bond acceptors (Lipinski definition) is 7. The summed E-state index contributed by atoms with van der Waals surface area (Å²) >= 11 is 0. The van der Waals surface area contributed by atoms with Crippen molar-refractivity contribution in [2.45, 2.75) is 12.3 Å². The number of H-pyrrole nitrogens is 1. The highest BCUT2D eigenvalue weighted by Crippen LogP contribution is 2.44. The minimum atomic E-state index is -0.537. The minimum Gasteiger partial charge on any atom is -0.469 e. The monoisotopic (exact) mass is 361 g/mol. The zero-order valence-electron chi connectivity index (χ0n) is 14.4. The van der Waals surface area contributed by atoms with E-state index in [9.17, 15) is 10.1 Å². The van der Waals surface area contributed by atoms with Crippen LogP contribution in [0.4, 0.5) is 0 Å². The standard InChI is InChI=1S/C19H15N5O3/c1-26-15(25)8-14-17-16(12(9-20)18(21)27-19(17)24-23-14)11-6-7-22-13-5-3-2-4-10(11)13/h2-7,16H,8,21H2,1H3,(H,23,24). The molecule has 134 valence electrons. The Kier molecular flexibility index (Phi) is 3.97. The number of carbonyl (C=O) groups excluding carboxylic acids is 1. The molecule has 3 N–H and O–H groups in total. The molecule has 0 fully saturated rings. The predicted octanol–water partition coefficient (Wildman–Crippen LogP) is 1.89. The number of hydrogen-bond donors (Lipinski definition) is 2. The molecule has 0 spiro atoms.